The molecule has 5 heteroatoms. The molecule has 2 N–H and O–H groups in total. The lowest BCUT2D eigenvalue weighted by Gasteiger charge is -2.47. The smallest absolute Gasteiger partial charge is 0.317 e. The fraction of sp³-hybridized carbons (Fsp3) is 0.947. The van der Waals surface area contributed by atoms with Gasteiger partial charge in [0.1, 0.15) is 0 Å². The van der Waals surface area contributed by atoms with Crippen LogP contribution in [0.3, 0.4) is 0 Å². The van der Waals surface area contributed by atoms with Gasteiger partial charge in [0.2, 0.25) is 0 Å². The van der Waals surface area contributed by atoms with Crippen molar-refractivity contribution < 1.29 is 14.6 Å². The molecular formula is C19H34N2O3. The number of carbonyl (C=O) groups excluding carboxylic acids is 1. The Labute approximate surface area is 146 Å². The third kappa shape index (κ3) is 3.88. The Morgan fingerprint density at radius 3 is 2.71 bits per heavy atom. The van der Waals surface area contributed by atoms with Crippen molar-refractivity contribution in [2.24, 2.45) is 11.3 Å². The average Bonchev–Trinajstić information content (AvgIpc) is 3.06. The van der Waals surface area contributed by atoms with Gasteiger partial charge in [0.25, 0.3) is 0 Å². The third-order valence-electron chi connectivity index (χ3n) is 6.83. The number of methoxy groups -OCH3 is 1. The van der Waals surface area contributed by atoms with Gasteiger partial charge in [0.05, 0.1) is 5.60 Å². The Hall–Kier alpha value is -0.810. The molecule has 0 spiro atoms. The summed E-state index contributed by atoms with van der Waals surface area (Å²) in [4.78, 5) is 14.6. The molecule has 0 aromatic rings. The lowest BCUT2D eigenvalue weighted by molar-refractivity contribution is -0.0871. The summed E-state index contributed by atoms with van der Waals surface area (Å²) in [6, 6.07) is 0.0614. The molecule has 2 aliphatic carbocycles. The second-order valence-corrected chi connectivity index (χ2v) is 8.35. The van der Waals surface area contributed by atoms with Crippen LogP contribution in [0.25, 0.3) is 0 Å². The van der Waals surface area contributed by atoms with Crippen molar-refractivity contribution in [2.75, 3.05) is 33.4 Å². The van der Waals surface area contributed by atoms with E-state index < -0.39 is 5.60 Å². The number of hydrogen-bond acceptors (Lipinski definition) is 3. The lowest BCUT2D eigenvalue weighted by Crippen LogP contribution is -2.57. The number of aliphatic hydroxyl groups is 1. The number of rotatable bonds is 5. The molecule has 24 heavy (non-hydrogen) atoms. The van der Waals surface area contributed by atoms with Crippen LogP contribution in [0, 0.1) is 11.3 Å². The van der Waals surface area contributed by atoms with Gasteiger partial charge < -0.3 is 20.1 Å². The van der Waals surface area contributed by atoms with Gasteiger partial charge in [-0.2, -0.15) is 0 Å². The molecular weight excluding hydrogens is 304 g/mol. The van der Waals surface area contributed by atoms with E-state index in [9.17, 15) is 9.90 Å². The zero-order valence-corrected chi connectivity index (χ0v) is 15.2. The minimum absolute atomic E-state index is 0.0614. The van der Waals surface area contributed by atoms with Crippen molar-refractivity contribution in [2.45, 2.75) is 69.8 Å². The summed E-state index contributed by atoms with van der Waals surface area (Å²) in [5, 5.41) is 14.0. The summed E-state index contributed by atoms with van der Waals surface area (Å²) >= 11 is 0. The van der Waals surface area contributed by atoms with Crippen molar-refractivity contribution in [3.63, 3.8) is 0 Å². The summed E-state index contributed by atoms with van der Waals surface area (Å²) in [6.45, 7) is 2.94. The maximum atomic E-state index is 12.7. The predicted octanol–water partition coefficient (Wildman–Crippen LogP) is 2.92. The molecule has 2 amide bonds. The van der Waals surface area contributed by atoms with Crippen molar-refractivity contribution in [3.05, 3.63) is 0 Å². The number of ether oxygens (including phenoxy) is 1. The number of piperidine rings is 1. The topological polar surface area (TPSA) is 61.8 Å². The van der Waals surface area contributed by atoms with Gasteiger partial charge in [-0.25, -0.2) is 4.79 Å². The molecule has 0 aromatic carbocycles. The maximum Gasteiger partial charge on any atom is 0.317 e. The van der Waals surface area contributed by atoms with Crippen LogP contribution in [0.5, 0.6) is 0 Å². The molecule has 1 saturated heterocycles. The number of nitrogens with zero attached hydrogens (tertiary/aromatic N) is 1. The maximum absolute atomic E-state index is 12.7. The van der Waals surface area contributed by atoms with Crippen LogP contribution in [0.1, 0.15) is 64.2 Å². The summed E-state index contributed by atoms with van der Waals surface area (Å²) in [5.41, 5.74) is -0.285. The number of likely N-dealkylation sites (tertiary alicyclic amines) is 1. The van der Waals surface area contributed by atoms with E-state index in [0.717, 1.165) is 45.3 Å². The van der Waals surface area contributed by atoms with Crippen LogP contribution >= 0.6 is 0 Å². The standard InChI is InChI=1S/C19H34N2O3/c1-24-13-11-18(7-4-5-8-18)15-20-17(22)21-12-10-19(23)9-3-2-6-16(19)14-21/h16,23H,2-15H2,1H3,(H,20,22)/t16-,19+/m0/s1. The van der Waals surface area contributed by atoms with Crippen LogP contribution < -0.4 is 5.32 Å². The molecule has 3 aliphatic rings. The van der Waals surface area contributed by atoms with E-state index in [1.54, 1.807) is 7.11 Å². The van der Waals surface area contributed by atoms with Gasteiger partial charge in [-0.1, -0.05) is 25.7 Å². The van der Waals surface area contributed by atoms with Gasteiger partial charge in [-0.3, -0.25) is 0 Å². The zero-order chi connectivity index (χ0) is 17.0. The highest BCUT2D eigenvalue weighted by molar-refractivity contribution is 5.74. The largest absolute Gasteiger partial charge is 0.389 e. The van der Waals surface area contributed by atoms with Crippen molar-refractivity contribution in [1.29, 1.82) is 0 Å². The number of fused-ring (bicyclic) bond motifs is 1. The second kappa shape index (κ2) is 7.61. The highest BCUT2D eigenvalue weighted by atomic mass is 16.5. The summed E-state index contributed by atoms with van der Waals surface area (Å²) in [5.74, 6) is 0.264. The van der Waals surface area contributed by atoms with Crippen LogP contribution in [-0.4, -0.2) is 55.0 Å². The highest BCUT2D eigenvalue weighted by Crippen LogP contribution is 2.41. The van der Waals surface area contributed by atoms with Crippen LogP contribution in [0.15, 0.2) is 0 Å². The molecule has 1 aliphatic heterocycles. The van der Waals surface area contributed by atoms with Crippen molar-refractivity contribution in [1.82, 2.24) is 10.2 Å². The normalized spacial score (nSPS) is 32.4. The Kier molecular flexibility index (Phi) is 5.70. The van der Waals surface area contributed by atoms with E-state index in [2.05, 4.69) is 5.32 Å². The first-order chi connectivity index (χ1) is 11.6. The van der Waals surface area contributed by atoms with Gasteiger partial charge in [-0.15, -0.1) is 0 Å². The van der Waals surface area contributed by atoms with E-state index in [-0.39, 0.29) is 17.4 Å². The first-order valence-corrected chi connectivity index (χ1v) is 9.81. The minimum Gasteiger partial charge on any atom is -0.389 e. The highest BCUT2D eigenvalue weighted by Gasteiger charge is 2.44. The molecule has 138 valence electrons. The Morgan fingerprint density at radius 1 is 1.21 bits per heavy atom. The van der Waals surface area contributed by atoms with E-state index >= 15 is 0 Å². The molecule has 2 saturated carbocycles. The first kappa shape index (κ1) is 18.0. The van der Waals surface area contributed by atoms with Gasteiger partial charge in [0, 0.05) is 39.3 Å². The minimum atomic E-state index is -0.514. The molecule has 0 radical (unpaired) electrons. The van der Waals surface area contributed by atoms with Crippen molar-refractivity contribution >= 4 is 6.03 Å². The number of nitrogens with one attached hydrogen (secondary N) is 1. The number of amides is 2. The zero-order valence-electron chi connectivity index (χ0n) is 15.2. The molecule has 2 atom stereocenters. The van der Waals surface area contributed by atoms with Crippen LogP contribution in [0.4, 0.5) is 4.79 Å². The van der Waals surface area contributed by atoms with E-state index in [4.69, 9.17) is 4.74 Å². The van der Waals surface area contributed by atoms with Gasteiger partial charge >= 0.3 is 6.03 Å². The SMILES string of the molecule is COCCC1(CNC(=O)N2CC[C@]3(O)CCCC[C@H]3C2)CCCC1. The lowest BCUT2D eigenvalue weighted by atomic mass is 9.71. The quantitative estimate of drug-likeness (QED) is 0.810. The second-order valence-electron chi connectivity index (χ2n) is 8.35. The molecule has 3 rings (SSSR count). The molecule has 0 aromatic heterocycles. The van der Waals surface area contributed by atoms with Crippen LogP contribution in [-0.2, 0) is 4.74 Å². The first-order valence-electron chi connectivity index (χ1n) is 9.81. The Morgan fingerprint density at radius 2 is 1.96 bits per heavy atom. The van der Waals surface area contributed by atoms with Gasteiger partial charge in [0.15, 0.2) is 0 Å². The molecule has 1 heterocycles. The fourth-order valence-electron chi connectivity index (χ4n) is 5.09. The van der Waals surface area contributed by atoms with Gasteiger partial charge in [-0.05, 0) is 43.9 Å². The predicted molar refractivity (Wildman–Crippen MR) is 93.9 cm³/mol. The Bertz CT molecular complexity index is 436. The Balaban J connectivity index is 1.51. The number of hydrogen-bond donors (Lipinski definition) is 2. The molecule has 0 unspecified atom stereocenters. The molecule has 5 nitrogen and oxygen atoms in total. The average molecular weight is 338 g/mol. The third-order valence-corrected chi connectivity index (χ3v) is 6.83. The molecule has 0 bridgehead atoms. The van der Waals surface area contributed by atoms with Crippen molar-refractivity contribution in [3.8, 4) is 0 Å². The number of urea groups is 1. The summed E-state index contributed by atoms with van der Waals surface area (Å²) in [7, 11) is 1.75. The summed E-state index contributed by atoms with van der Waals surface area (Å²) < 4.78 is 5.27. The van der Waals surface area contributed by atoms with E-state index in [0.29, 0.717) is 13.1 Å². The fourth-order valence-corrected chi connectivity index (χ4v) is 5.09. The monoisotopic (exact) mass is 338 g/mol. The van der Waals surface area contributed by atoms with Crippen LogP contribution in [0.2, 0.25) is 0 Å². The summed E-state index contributed by atoms with van der Waals surface area (Å²) in [6.07, 6.45) is 11.0. The van der Waals surface area contributed by atoms with E-state index in [1.807, 2.05) is 4.90 Å². The molecule has 3 fully saturated rings. The van der Waals surface area contributed by atoms with E-state index in [1.165, 1.54) is 32.1 Å². The number of carbonyl (C=O) groups is 1.